The van der Waals surface area contributed by atoms with Crippen LogP contribution in [0.4, 0.5) is 5.13 Å². The van der Waals surface area contributed by atoms with Gasteiger partial charge in [0.15, 0.2) is 5.13 Å². The van der Waals surface area contributed by atoms with Crippen LogP contribution in [-0.2, 0) is 4.79 Å². The van der Waals surface area contributed by atoms with Crippen LogP contribution in [0.1, 0.15) is 0 Å². The summed E-state index contributed by atoms with van der Waals surface area (Å²) in [5, 5.41) is 1.01. The summed E-state index contributed by atoms with van der Waals surface area (Å²) in [5.41, 5.74) is 0.986. The van der Waals surface area contributed by atoms with Crippen molar-refractivity contribution >= 4 is 44.4 Å². The predicted molar refractivity (Wildman–Crippen MR) is 119 cm³/mol. The van der Waals surface area contributed by atoms with E-state index in [2.05, 4.69) is 4.90 Å². The molecular weight excluding hydrogens is 406 g/mol. The zero-order chi connectivity index (χ0) is 20.2. The van der Waals surface area contributed by atoms with Crippen LogP contribution in [-0.4, -0.2) is 61.9 Å². The maximum Gasteiger partial charge on any atom is 0.233 e. The van der Waals surface area contributed by atoms with Crippen molar-refractivity contribution in [2.24, 2.45) is 0 Å². The number of benzene rings is 2. The third-order valence-electron chi connectivity index (χ3n) is 4.91. The molecule has 0 radical (unpaired) electrons. The molecule has 0 saturated carbocycles. The predicted octanol–water partition coefficient (Wildman–Crippen LogP) is 3.75. The van der Waals surface area contributed by atoms with Crippen LogP contribution < -0.4 is 14.4 Å². The van der Waals surface area contributed by atoms with Gasteiger partial charge in [0.1, 0.15) is 11.5 Å². The van der Waals surface area contributed by atoms with E-state index in [-0.39, 0.29) is 5.91 Å². The monoisotopic (exact) mass is 429 g/mol. The van der Waals surface area contributed by atoms with Crippen molar-refractivity contribution in [3.63, 3.8) is 0 Å². The van der Waals surface area contributed by atoms with Gasteiger partial charge in [0.2, 0.25) is 5.91 Å². The molecule has 1 aromatic heterocycles. The minimum absolute atomic E-state index is 0.180. The molecule has 2 aromatic carbocycles. The van der Waals surface area contributed by atoms with Crippen LogP contribution in [0.3, 0.4) is 0 Å². The topological polar surface area (TPSA) is 54.9 Å². The smallest absolute Gasteiger partial charge is 0.233 e. The highest BCUT2D eigenvalue weighted by atomic mass is 32.2. The Morgan fingerprint density at radius 1 is 1.03 bits per heavy atom. The van der Waals surface area contributed by atoms with Crippen LogP contribution >= 0.6 is 23.1 Å². The summed E-state index contributed by atoms with van der Waals surface area (Å²) in [6, 6.07) is 13.7. The summed E-state index contributed by atoms with van der Waals surface area (Å²) in [6.45, 7) is 3.05. The van der Waals surface area contributed by atoms with E-state index in [1.54, 1.807) is 37.3 Å². The number of nitrogens with zero attached hydrogens (tertiary/aromatic N) is 3. The largest absolute Gasteiger partial charge is 0.497 e. The molecule has 6 nitrogen and oxygen atoms in total. The maximum atomic E-state index is 12.6. The number of carbonyl (C=O) groups is 1. The summed E-state index contributed by atoms with van der Waals surface area (Å²) >= 11 is 3.23. The van der Waals surface area contributed by atoms with Gasteiger partial charge < -0.3 is 19.3 Å². The third kappa shape index (κ3) is 4.59. The number of thioether (sulfide) groups is 1. The molecule has 29 heavy (non-hydrogen) atoms. The first kappa shape index (κ1) is 19.8. The number of aromatic nitrogens is 1. The molecule has 1 fully saturated rings. The summed E-state index contributed by atoms with van der Waals surface area (Å²) < 4.78 is 11.6. The molecule has 0 unspecified atom stereocenters. The Bertz CT molecular complexity index is 983. The van der Waals surface area contributed by atoms with Gasteiger partial charge in [-0.1, -0.05) is 11.3 Å². The van der Waals surface area contributed by atoms with Gasteiger partial charge in [0, 0.05) is 31.1 Å². The van der Waals surface area contributed by atoms with Gasteiger partial charge in [-0.05, 0) is 42.5 Å². The summed E-state index contributed by atoms with van der Waals surface area (Å²) in [4.78, 5) is 22.6. The standard InChI is InChI=1S/C21H23N3O3S2/c1-26-15-3-6-17(7-4-15)28-14-20(25)23-9-11-24(12-10-23)21-22-18-8-5-16(27-2)13-19(18)29-21/h3-8,13H,9-12,14H2,1-2H3. The Hall–Kier alpha value is -2.45. The van der Waals surface area contributed by atoms with Crippen LogP contribution in [0.25, 0.3) is 10.2 Å². The van der Waals surface area contributed by atoms with E-state index in [1.165, 1.54) is 0 Å². The first-order valence-corrected chi connectivity index (χ1v) is 11.2. The van der Waals surface area contributed by atoms with E-state index in [4.69, 9.17) is 14.5 Å². The second kappa shape index (κ2) is 8.92. The molecule has 3 aromatic rings. The fourth-order valence-electron chi connectivity index (χ4n) is 3.21. The molecule has 152 valence electrons. The summed E-state index contributed by atoms with van der Waals surface area (Å²) in [6.07, 6.45) is 0. The molecule has 2 heterocycles. The van der Waals surface area contributed by atoms with Gasteiger partial charge in [-0.2, -0.15) is 0 Å². The zero-order valence-electron chi connectivity index (χ0n) is 16.5. The first-order valence-electron chi connectivity index (χ1n) is 9.40. The summed E-state index contributed by atoms with van der Waals surface area (Å²) in [7, 11) is 3.32. The van der Waals surface area contributed by atoms with E-state index in [0.717, 1.165) is 57.9 Å². The molecule has 1 saturated heterocycles. The number of anilines is 1. The molecule has 0 N–H and O–H groups in total. The van der Waals surface area contributed by atoms with Crippen molar-refractivity contribution in [2.45, 2.75) is 4.90 Å². The average Bonchev–Trinajstić information content (AvgIpc) is 3.21. The Labute approximate surface area is 178 Å². The van der Waals surface area contributed by atoms with Gasteiger partial charge in [0.05, 0.1) is 30.2 Å². The van der Waals surface area contributed by atoms with Crippen LogP contribution in [0.15, 0.2) is 47.4 Å². The van der Waals surface area contributed by atoms with Crippen molar-refractivity contribution in [3.8, 4) is 11.5 Å². The number of carbonyl (C=O) groups excluding carboxylic acids is 1. The van der Waals surface area contributed by atoms with E-state index < -0.39 is 0 Å². The molecule has 1 aliphatic heterocycles. The highest BCUT2D eigenvalue weighted by Crippen LogP contribution is 2.32. The second-order valence-corrected chi connectivity index (χ2v) is 8.72. The molecule has 0 aliphatic carbocycles. The highest BCUT2D eigenvalue weighted by Gasteiger charge is 2.23. The zero-order valence-corrected chi connectivity index (χ0v) is 18.1. The molecule has 1 amide bonds. The van der Waals surface area contributed by atoms with Gasteiger partial charge in [-0.25, -0.2) is 4.98 Å². The Balaban J connectivity index is 1.31. The Morgan fingerprint density at radius 2 is 1.72 bits per heavy atom. The van der Waals surface area contributed by atoms with E-state index in [9.17, 15) is 4.79 Å². The number of methoxy groups -OCH3 is 2. The number of hydrogen-bond acceptors (Lipinski definition) is 7. The van der Waals surface area contributed by atoms with E-state index in [1.807, 2.05) is 47.4 Å². The first-order chi connectivity index (χ1) is 14.2. The molecule has 8 heteroatoms. The van der Waals surface area contributed by atoms with Crippen molar-refractivity contribution in [1.29, 1.82) is 0 Å². The SMILES string of the molecule is COc1ccc(SCC(=O)N2CCN(c3nc4ccc(OC)cc4s3)CC2)cc1. The van der Waals surface area contributed by atoms with Gasteiger partial charge in [-0.3, -0.25) is 4.79 Å². The molecule has 0 atom stereocenters. The molecule has 4 rings (SSSR count). The van der Waals surface area contributed by atoms with Gasteiger partial charge in [0.25, 0.3) is 0 Å². The lowest BCUT2D eigenvalue weighted by Gasteiger charge is -2.34. The lowest BCUT2D eigenvalue weighted by atomic mass is 10.3. The average molecular weight is 430 g/mol. The Kier molecular flexibility index (Phi) is 6.10. The number of piperazine rings is 1. The van der Waals surface area contributed by atoms with Crippen molar-refractivity contribution < 1.29 is 14.3 Å². The van der Waals surface area contributed by atoms with E-state index in [0.29, 0.717) is 5.75 Å². The summed E-state index contributed by atoms with van der Waals surface area (Å²) in [5.74, 6) is 2.30. The minimum atomic E-state index is 0.180. The number of ether oxygens (including phenoxy) is 2. The van der Waals surface area contributed by atoms with Crippen LogP contribution in [0.5, 0.6) is 11.5 Å². The van der Waals surface area contributed by atoms with Crippen molar-refractivity contribution in [3.05, 3.63) is 42.5 Å². The number of rotatable bonds is 6. The highest BCUT2D eigenvalue weighted by molar-refractivity contribution is 8.00. The molecule has 1 aliphatic rings. The quantitative estimate of drug-likeness (QED) is 0.556. The maximum absolute atomic E-state index is 12.6. The number of hydrogen-bond donors (Lipinski definition) is 0. The minimum Gasteiger partial charge on any atom is -0.497 e. The number of fused-ring (bicyclic) bond motifs is 1. The van der Waals surface area contributed by atoms with Crippen LogP contribution in [0.2, 0.25) is 0 Å². The van der Waals surface area contributed by atoms with Gasteiger partial charge >= 0.3 is 0 Å². The lowest BCUT2D eigenvalue weighted by Crippen LogP contribution is -2.49. The molecular formula is C21H23N3O3S2. The van der Waals surface area contributed by atoms with Gasteiger partial charge in [-0.15, -0.1) is 11.8 Å². The fraction of sp³-hybridized carbons (Fsp3) is 0.333. The molecule has 0 bridgehead atoms. The number of amides is 1. The van der Waals surface area contributed by atoms with Crippen molar-refractivity contribution in [1.82, 2.24) is 9.88 Å². The normalized spacial score (nSPS) is 14.3. The van der Waals surface area contributed by atoms with Crippen molar-refractivity contribution in [2.75, 3.05) is 51.1 Å². The Morgan fingerprint density at radius 3 is 2.41 bits per heavy atom. The third-order valence-corrected chi connectivity index (χ3v) is 6.98. The van der Waals surface area contributed by atoms with E-state index >= 15 is 0 Å². The lowest BCUT2D eigenvalue weighted by molar-refractivity contribution is -0.128. The van der Waals surface area contributed by atoms with Crippen LogP contribution in [0, 0.1) is 0 Å². The fourth-order valence-corrected chi connectivity index (χ4v) is 5.06. The number of thiazole rings is 1. The second-order valence-electron chi connectivity index (χ2n) is 6.66. The molecule has 0 spiro atoms.